The van der Waals surface area contributed by atoms with Crippen LogP contribution in [0, 0.1) is 23.2 Å². The SMILES string of the molecule is C=CCCC(NC(=O)[C@@H]1[C@H]2[C@@H](CN1C(=O)C(CC1CCCCC1)NC(=O)OC(C)(C)C)C2(C)C)C(=O)C(=O)NCC=C. The van der Waals surface area contributed by atoms with Crippen LogP contribution in [-0.4, -0.2) is 71.3 Å². The number of carbonyl (C=O) groups excluding carboxylic acids is 5. The van der Waals surface area contributed by atoms with Gasteiger partial charge in [-0.3, -0.25) is 19.2 Å². The highest BCUT2D eigenvalue weighted by Gasteiger charge is 2.69. The first-order valence-corrected chi connectivity index (χ1v) is 15.4. The highest BCUT2D eigenvalue weighted by atomic mass is 16.6. The fourth-order valence-corrected chi connectivity index (χ4v) is 6.66. The molecule has 5 atom stereocenters. The summed E-state index contributed by atoms with van der Waals surface area (Å²) < 4.78 is 5.48. The third-order valence-corrected chi connectivity index (χ3v) is 8.97. The Bertz CT molecular complexity index is 1060. The van der Waals surface area contributed by atoms with Crippen molar-refractivity contribution in [3.8, 4) is 0 Å². The number of carbonyl (C=O) groups is 5. The number of amides is 4. The third-order valence-electron chi connectivity index (χ3n) is 8.97. The number of Topliss-reactive ketones (excluding diaryl/α,β-unsaturated/α-hetero) is 1. The lowest BCUT2D eigenvalue weighted by Gasteiger charge is -2.35. The average molecular weight is 587 g/mol. The van der Waals surface area contributed by atoms with Crippen LogP contribution >= 0.6 is 0 Å². The number of rotatable bonds is 13. The molecule has 3 N–H and O–H groups in total. The Morgan fingerprint density at radius 3 is 2.26 bits per heavy atom. The number of nitrogens with zero attached hydrogens (tertiary/aromatic N) is 1. The molecule has 42 heavy (non-hydrogen) atoms. The summed E-state index contributed by atoms with van der Waals surface area (Å²) in [5.74, 6) is -2.02. The van der Waals surface area contributed by atoms with Crippen molar-refractivity contribution in [2.24, 2.45) is 23.2 Å². The van der Waals surface area contributed by atoms with Crippen molar-refractivity contribution >= 4 is 29.6 Å². The number of allylic oxidation sites excluding steroid dienone is 1. The fourth-order valence-electron chi connectivity index (χ4n) is 6.66. The van der Waals surface area contributed by atoms with Crippen molar-refractivity contribution in [2.45, 2.75) is 110 Å². The van der Waals surface area contributed by atoms with E-state index in [-0.39, 0.29) is 36.1 Å². The monoisotopic (exact) mass is 586 g/mol. The summed E-state index contributed by atoms with van der Waals surface area (Å²) in [6.07, 6.45) is 8.85. The first-order chi connectivity index (χ1) is 19.7. The molecular weight excluding hydrogens is 536 g/mol. The maximum absolute atomic E-state index is 14.2. The molecule has 0 aromatic heterocycles. The average Bonchev–Trinajstić information content (AvgIpc) is 3.23. The number of fused-ring (bicyclic) bond motifs is 1. The maximum Gasteiger partial charge on any atom is 0.408 e. The summed E-state index contributed by atoms with van der Waals surface area (Å²) >= 11 is 0. The van der Waals surface area contributed by atoms with Gasteiger partial charge in [0, 0.05) is 13.1 Å². The molecule has 0 spiro atoms. The topological polar surface area (TPSA) is 134 Å². The fraction of sp³-hybridized carbons (Fsp3) is 0.719. The smallest absolute Gasteiger partial charge is 0.408 e. The number of ether oxygens (including phenoxy) is 1. The zero-order valence-electron chi connectivity index (χ0n) is 26.0. The van der Waals surface area contributed by atoms with Crippen LogP contribution in [0.15, 0.2) is 25.3 Å². The molecule has 2 unspecified atom stereocenters. The highest BCUT2D eigenvalue weighted by Crippen LogP contribution is 2.65. The molecule has 234 valence electrons. The number of nitrogens with one attached hydrogen (secondary N) is 3. The van der Waals surface area contributed by atoms with Crippen molar-refractivity contribution < 1.29 is 28.7 Å². The van der Waals surface area contributed by atoms with E-state index < -0.39 is 47.4 Å². The van der Waals surface area contributed by atoms with E-state index in [1.165, 1.54) is 12.5 Å². The highest BCUT2D eigenvalue weighted by molar-refractivity contribution is 6.38. The number of ketones is 1. The summed E-state index contributed by atoms with van der Waals surface area (Å²) in [6.45, 7) is 17.2. The van der Waals surface area contributed by atoms with Crippen LogP contribution in [0.1, 0.15) is 86.0 Å². The van der Waals surface area contributed by atoms with Crippen LogP contribution in [0.5, 0.6) is 0 Å². The van der Waals surface area contributed by atoms with Crippen LogP contribution in [-0.2, 0) is 23.9 Å². The lowest BCUT2D eigenvalue weighted by Crippen LogP contribution is -2.58. The van der Waals surface area contributed by atoms with Gasteiger partial charge in [0.25, 0.3) is 5.91 Å². The van der Waals surface area contributed by atoms with Gasteiger partial charge in [0.15, 0.2) is 0 Å². The van der Waals surface area contributed by atoms with Crippen LogP contribution < -0.4 is 16.0 Å². The number of hydrogen-bond acceptors (Lipinski definition) is 6. The molecule has 0 bridgehead atoms. The molecular formula is C32H50N4O6. The van der Waals surface area contributed by atoms with Gasteiger partial charge in [0.05, 0.1) is 6.04 Å². The molecule has 2 saturated carbocycles. The predicted octanol–water partition coefficient (Wildman–Crippen LogP) is 3.66. The minimum atomic E-state index is -1.06. The molecule has 3 aliphatic rings. The van der Waals surface area contributed by atoms with Crippen LogP contribution in [0.4, 0.5) is 4.79 Å². The molecule has 1 heterocycles. The number of alkyl carbamates (subject to hydrolysis) is 1. The first kappa shape index (κ1) is 33.3. The largest absolute Gasteiger partial charge is 0.444 e. The van der Waals surface area contributed by atoms with E-state index in [1.54, 1.807) is 31.7 Å². The molecule has 3 rings (SSSR count). The number of piperidine rings is 1. The van der Waals surface area contributed by atoms with Crippen molar-refractivity contribution in [1.82, 2.24) is 20.9 Å². The zero-order valence-corrected chi connectivity index (χ0v) is 26.0. The van der Waals surface area contributed by atoms with E-state index in [9.17, 15) is 24.0 Å². The van der Waals surface area contributed by atoms with Gasteiger partial charge >= 0.3 is 6.09 Å². The van der Waals surface area contributed by atoms with Gasteiger partial charge in [-0.1, -0.05) is 58.1 Å². The van der Waals surface area contributed by atoms with Crippen LogP contribution in [0.3, 0.4) is 0 Å². The molecule has 0 aromatic carbocycles. The summed E-state index contributed by atoms with van der Waals surface area (Å²) in [4.78, 5) is 67.8. The molecule has 1 aliphatic heterocycles. The Kier molecular flexibility index (Phi) is 11.0. The Hall–Kier alpha value is -3.17. The van der Waals surface area contributed by atoms with E-state index in [4.69, 9.17) is 4.74 Å². The second-order valence-corrected chi connectivity index (χ2v) is 13.6. The van der Waals surface area contributed by atoms with Gasteiger partial charge in [-0.25, -0.2) is 4.79 Å². The molecule has 4 amide bonds. The van der Waals surface area contributed by atoms with E-state index in [0.717, 1.165) is 25.7 Å². The van der Waals surface area contributed by atoms with E-state index in [2.05, 4.69) is 43.0 Å². The Balaban J connectivity index is 1.83. The van der Waals surface area contributed by atoms with E-state index >= 15 is 0 Å². The Labute approximate surface area is 250 Å². The molecule has 10 nitrogen and oxygen atoms in total. The van der Waals surface area contributed by atoms with Crippen molar-refractivity contribution in [3.05, 3.63) is 25.3 Å². The van der Waals surface area contributed by atoms with Gasteiger partial charge < -0.3 is 25.6 Å². The summed E-state index contributed by atoms with van der Waals surface area (Å²) in [7, 11) is 0. The molecule has 0 aromatic rings. The Morgan fingerprint density at radius 2 is 1.67 bits per heavy atom. The van der Waals surface area contributed by atoms with Crippen molar-refractivity contribution in [3.63, 3.8) is 0 Å². The molecule has 10 heteroatoms. The lowest BCUT2D eigenvalue weighted by atomic mass is 9.84. The van der Waals surface area contributed by atoms with Crippen molar-refractivity contribution in [2.75, 3.05) is 13.1 Å². The second-order valence-electron chi connectivity index (χ2n) is 13.6. The maximum atomic E-state index is 14.2. The zero-order chi connectivity index (χ0) is 31.2. The summed E-state index contributed by atoms with van der Waals surface area (Å²) in [5.41, 5.74) is -0.882. The quantitative estimate of drug-likeness (QED) is 0.223. The molecule has 0 radical (unpaired) electrons. The normalized spacial score (nSPS) is 24.4. The van der Waals surface area contributed by atoms with Gasteiger partial charge in [-0.15, -0.1) is 13.2 Å². The molecule has 2 aliphatic carbocycles. The van der Waals surface area contributed by atoms with Crippen LogP contribution in [0.25, 0.3) is 0 Å². The Morgan fingerprint density at radius 1 is 1.00 bits per heavy atom. The third kappa shape index (κ3) is 8.22. The van der Waals surface area contributed by atoms with Gasteiger partial charge in [-0.05, 0) is 63.2 Å². The summed E-state index contributed by atoms with van der Waals surface area (Å²) in [5, 5.41) is 8.09. The van der Waals surface area contributed by atoms with E-state index in [1.807, 2.05) is 0 Å². The van der Waals surface area contributed by atoms with Gasteiger partial charge in [0.1, 0.15) is 17.7 Å². The van der Waals surface area contributed by atoms with E-state index in [0.29, 0.717) is 25.3 Å². The van der Waals surface area contributed by atoms with Gasteiger partial charge in [-0.2, -0.15) is 0 Å². The molecule has 1 saturated heterocycles. The number of hydrogen-bond donors (Lipinski definition) is 3. The minimum absolute atomic E-state index is 0.0944. The summed E-state index contributed by atoms with van der Waals surface area (Å²) in [6, 6.07) is -2.71. The first-order valence-electron chi connectivity index (χ1n) is 15.4. The minimum Gasteiger partial charge on any atom is -0.444 e. The second kappa shape index (κ2) is 13.9. The lowest BCUT2D eigenvalue weighted by molar-refractivity contribution is -0.144. The standard InChI is InChI=1S/C32H50N4O6/c1-8-10-16-22(26(37)28(39)33-17-9-2)34-27(38)25-24-21(32(24,6)7)19-36(25)29(40)23(18-20-14-12-11-13-15-20)35-30(41)42-31(3,4)5/h8-9,20-25H,1-2,10-19H2,3-7H3,(H,33,39)(H,34,38)(H,35,41)/t21-,22?,23?,24-,25+/m1/s1. The van der Waals surface area contributed by atoms with Crippen molar-refractivity contribution in [1.29, 1.82) is 0 Å². The predicted molar refractivity (Wildman–Crippen MR) is 160 cm³/mol. The molecule has 3 fully saturated rings. The van der Waals surface area contributed by atoms with Gasteiger partial charge in [0.2, 0.25) is 17.6 Å². The van der Waals surface area contributed by atoms with Crippen LogP contribution in [0.2, 0.25) is 0 Å². The number of likely N-dealkylation sites (tertiary alicyclic amines) is 1.